The molecule has 0 amide bonds. The van der Waals surface area contributed by atoms with Gasteiger partial charge in [-0.25, -0.2) is 4.68 Å². The molecule has 1 rings (SSSR count). The van der Waals surface area contributed by atoms with Crippen molar-refractivity contribution in [2.24, 2.45) is 7.05 Å². The average Bonchev–Trinajstić information content (AvgIpc) is 2.33. The predicted octanol–water partition coefficient (Wildman–Crippen LogP) is 0.424. The van der Waals surface area contributed by atoms with Crippen LogP contribution < -0.4 is 10.9 Å². The highest BCUT2D eigenvalue weighted by molar-refractivity contribution is 6.32. The number of nitrogens with one attached hydrogen (secondary N) is 1. The Balaban J connectivity index is 2.32. The van der Waals surface area contributed by atoms with E-state index in [9.17, 15) is 4.79 Å². The van der Waals surface area contributed by atoms with E-state index in [0.717, 1.165) is 6.54 Å². The van der Waals surface area contributed by atoms with Gasteiger partial charge in [-0.05, 0) is 14.1 Å². The minimum absolute atomic E-state index is 0.154. The molecule has 0 aliphatic rings. The molecule has 102 valence electrons. The second-order valence-electron chi connectivity index (χ2n) is 4.14. The van der Waals surface area contributed by atoms with Crippen molar-refractivity contribution in [3.63, 3.8) is 0 Å². The zero-order chi connectivity index (χ0) is 13.5. The molecule has 0 saturated heterocycles. The SMILES string of the molecule is CN(C)CCOCCNc1cnn(C)c(=O)c1Cl. The molecule has 1 aromatic heterocycles. The van der Waals surface area contributed by atoms with E-state index >= 15 is 0 Å². The first-order valence-electron chi connectivity index (χ1n) is 5.70. The van der Waals surface area contributed by atoms with Crippen LogP contribution in [-0.4, -0.2) is 55.1 Å². The molecule has 0 aliphatic carbocycles. The predicted molar refractivity (Wildman–Crippen MR) is 72.4 cm³/mol. The van der Waals surface area contributed by atoms with Gasteiger partial charge in [-0.1, -0.05) is 11.6 Å². The van der Waals surface area contributed by atoms with E-state index in [0.29, 0.717) is 25.4 Å². The van der Waals surface area contributed by atoms with E-state index < -0.39 is 0 Å². The Bertz CT molecular complexity index is 434. The number of anilines is 1. The number of likely N-dealkylation sites (N-methyl/N-ethyl adjacent to an activating group) is 1. The summed E-state index contributed by atoms with van der Waals surface area (Å²) >= 11 is 5.90. The van der Waals surface area contributed by atoms with E-state index in [4.69, 9.17) is 16.3 Å². The lowest BCUT2D eigenvalue weighted by Gasteiger charge is -2.11. The van der Waals surface area contributed by atoms with Crippen LogP contribution >= 0.6 is 11.6 Å². The number of halogens is 1. The fourth-order valence-electron chi connectivity index (χ4n) is 1.24. The highest BCUT2D eigenvalue weighted by Crippen LogP contribution is 2.14. The van der Waals surface area contributed by atoms with Gasteiger partial charge in [0.25, 0.3) is 5.56 Å². The third kappa shape index (κ3) is 4.64. The summed E-state index contributed by atoms with van der Waals surface area (Å²) in [4.78, 5) is 13.5. The second kappa shape index (κ2) is 7.35. The minimum Gasteiger partial charge on any atom is -0.380 e. The maximum Gasteiger partial charge on any atom is 0.287 e. The number of aromatic nitrogens is 2. The van der Waals surface area contributed by atoms with Gasteiger partial charge in [0.2, 0.25) is 0 Å². The summed E-state index contributed by atoms with van der Waals surface area (Å²) < 4.78 is 6.60. The molecule has 0 atom stereocenters. The van der Waals surface area contributed by atoms with Crippen molar-refractivity contribution in [3.05, 3.63) is 21.6 Å². The van der Waals surface area contributed by atoms with Gasteiger partial charge in [-0.15, -0.1) is 0 Å². The van der Waals surface area contributed by atoms with Gasteiger partial charge in [0.1, 0.15) is 5.02 Å². The van der Waals surface area contributed by atoms with Gasteiger partial charge in [-0.3, -0.25) is 4.79 Å². The highest BCUT2D eigenvalue weighted by Gasteiger charge is 2.06. The van der Waals surface area contributed by atoms with Crippen molar-refractivity contribution in [1.29, 1.82) is 0 Å². The molecule has 0 bridgehead atoms. The fraction of sp³-hybridized carbons (Fsp3) is 0.636. The number of hydrogen-bond acceptors (Lipinski definition) is 5. The molecule has 0 aromatic carbocycles. The average molecular weight is 275 g/mol. The van der Waals surface area contributed by atoms with Crippen LogP contribution in [0.1, 0.15) is 0 Å². The van der Waals surface area contributed by atoms with Gasteiger partial charge < -0.3 is 15.0 Å². The van der Waals surface area contributed by atoms with Crippen molar-refractivity contribution < 1.29 is 4.74 Å². The molecular formula is C11H19ClN4O2. The number of nitrogens with zero attached hydrogens (tertiary/aromatic N) is 3. The lowest BCUT2D eigenvalue weighted by molar-refractivity contribution is 0.126. The third-order valence-corrected chi connectivity index (χ3v) is 2.69. The molecule has 18 heavy (non-hydrogen) atoms. The maximum atomic E-state index is 11.5. The summed E-state index contributed by atoms with van der Waals surface area (Å²) in [6.07, 6.45) is 1.53. The zero-order valence-electron chi connectivity index (χ0n) is 10.9. The molecule has 7 heteroatoms. The lowest BCUT2D eigenvalue weighted by Crippen LogP contribution is -2.22. The van der Waals surface area contributed by atoms with Crippen molar-refractivity contribution >= 4 is 17.3 Å². The zero-order valence-corrected chi connectivity index (χ0v) is 11.7. The monoisotopic (exact) mass is 274 g/mol. The summed E-state index contributed by atoms with van der Waals surface area (Å²) in [5.41, 5.74) is 0.228. The Morgan fingerprint density at radius 2 is 2.22 bits per heavy atom. The van der Waals surface area contributed by atoms with Crippen molar-refractivity contribution in [1.82, 2.24) is 14.7 Å². The van der Waals surface area contributed by atoms with Gasteiger partial charge in [0, 0.05) is 20.1 Å². The smallest absolute Gasteiger partial charge is 0.287 e. The Labute approximate surface area is 111 Å². The summed E-state index contributed by atoms with van der Waals surface area (Å²) in [5, 5.41) is 7.06. The summed E-state index contributed by atoms with van der Waals surface area (Å²) in [6, 6.07) is 0. The lowest BCUT2D eigenvalue weighted by atomic mass is 10.4. The standard InChI is InChI=1S/C11H19ClN4O2/c1-15(2)5-7-18-6-4-13-9-8-14-16(3)11(17)10(9)12/h8,13H,4-7H2,1-3H3. The first kappa shape index (κ1) is 14.9. The maximum absolute atomic E-state index is 11.5. The normalized spacial score (nSPS) is 10.9. The topological polar surface area (TPSA) is 59.4 Å². The van der Waals surface area contributed by atoms with Gasteiger partial charge in [0.05, 0.1) is 25.1 Å². The van der Waals surface area contributed by atoms with Crippen LogP contribution in [-0.2, 0) is 11.8 Å². The molecule has 0 fully saturated rings. The molecule has 0 spiro atoms. The quantitative estimate of drug-likeness (QED) is 0.731. The molecule has 0 unspecified atom stereocenters. The van der Waals surface area contributed by atoms with Gasteiger partial charge in [0.15, 0.2) is 0 Å². The Kier molecular flexibility index (Phi) is 6.11. The first-order valence-corrected chi connectivity index (χ1v) is 6.08. The van der Waals surface area contributed by atoms with Crippen LogP contribution in [0.4, 0.5) is 5.69 Å². The van der Waals surface area contributed by atoms with Crippen LogP contribution in [0.25, 0.3) is 0 Å². The second-order valence-corrected chi connectivity index (χ2v) is 4.52. The Morgan fingerprint density at radius 3 is 2.89 bits per heavy atom. The van der Waals surface area contributed by atoms with Gasteiger partial charge >= 0.3 is 0 Å². The van der Waals surface area contributed by atoms with Crippen LogP contribution in [0.2, 0.25) is 5.02 Å². The molecule has 1 heterocycles. The minimum atomic E-state index is -0.310. The molecular weight excluding hydrogens is 256 g/mol. The number of aryl methyl sites for hydroxylation is 1. The van der Waals surface area contributed by atoms with Crippen molar-refractivity contribution in [3.8, 4) is 0 Å². The third-order valence-electron chi connectivity index (χ3n) is 2.32. The fourth-order valence-corrected chi connectivity index (χ4v) is 1.48. The molecule has 1 aromatic rings. The number of hydrogen-bond donors (Lipinski definition) is 1. The molecule has 0 radical (unpaired) electrons. The first-order chi connectivity index (χ1) is 8.52. The van der Waals surface area contributed by atoms with Crippen molar-refractivity contribution in [2.75, 3.05) is 45.7 Å². The van der Waals surface area contributed by atoms with Crippen LogP contribution in [0.3, 0.4) is 0 Å². The Morgan fingerprint density at radius 1 is 1.50 bits per heavy atom. The van der Waals surface area contributed by atoms with E-state index in [2.05, 4.69) is 15.3 Å². The van der Waals surface area contributed by atoms with Crippen LogP contribution in [0.5, 0.6) is 0 Å². The summed E-state index contributed by atoms with van der Waals surface area (Å²) in [6.45, 7) is 2.70. The number of rotatable bonds is 7. The molecule has 0 aliphatic heterocycles. The van der Waals surface area contributed by atoms with E-state index in [1.54, 1.807) is 7.05 Å². The summed E-state index contributed by atoms with van der Waals surface area (Å²) in [7, 11) is 5.54. The van der Waals surface area contributed by atoms with E-state index in [1.165, 1.54) is 10.9 Å². The largest absolute Gasteiger partial charge is 0.380 e. The highest BCUT2D eigenvalue weighted by atomic mass is 35.5. The summed E-state index contributed by atoms with van der Waals surface area (Å²) in [5.74, 6) is 0. The molecule has 1 N–H and O–H groups in total. The molecule has 0 saturated carbocycles. The van der Waals surface area contributed by atoms with Gasteiger partial charge in [-0.2, -0.15) is 5.10 Å². The van der Waals surface area contributed by atoms with Crippen LogP contribution in [0, 0.1) is 0 Å². The van der Waals surface area contributed by atoms with Crippen LogP contribution in [0.15, 0.2) is 11.0 Å². The number of ether oxygens (including phenoxy) is 1. The molecule has 6 nitrogen and oxygen atoms in total. The Hall–Kier alpha value is -1.11. The van der Waals surface area contributed by atoms with Crippen molar-refractivity contribution in [2.45, 2.75) is 0 Å². The van der Waals surface area contributed by atoms with E-state index in [-0.39, 0.29) is 10.6 Å². The van der Waals surface area contributed by atoms with E-state index in [1.807, 2.05) is 14.1 Å².